The number of fused-ring (bicyclic) bond motifs is 3. The van der Waals surface area contributed by atoms with Crippen LogP contribution in [-0.2, 0) is 25.6 Å². The molecule has 4 heteroatoms. The topological polar surface area (TPSA) is 44.8 Å². The fourth-order valence-corrected chi connectivity index (χ4v) is 12.7. The van der Waals surface area contributed by atoms with Crippen LogP contribution in [-0.4, -0.2) is 31.9 Å². The first kappa shape index (κ1) is 38.1. The van der Waals surface area contributed by atoms with Crippen molar-refractivity contribution in [1.82, 2.24) is 0 Å². The Balaban J connectivity index is 1.36. The van der Waals surface area contributed by atoms with E-state index in [1.54, 1.807) is 5.57 Å². The first-order valence-corrected chi connectivity index (χ1v) is 20.3. The maximum atomic E-state index is 14.7. The SMILES string of the molecule is CC(C)[C@@H](C)[C@@]1(C)CC[C@]2(C)[C@H]3CC[C@@H]4[C@@]5(COC[C@@]4(C)[C@@H](OCC(C)(C)C(C)(C)C)[C@H](C)C5)C3=CC[C@@]2(C)[C@@H]1C(=O)OCc1ccccc1. The first-order valence-electron chi connectivity index (χ1n) is 20.3. The Bertz CT molecular complexity index is 1440. The molecule has 0 aromatic heterocycles. The van der Waals surface area contributed by atoms with Crippen molar-refractivity contribution in [2.45, 2.75) is 141 Å². The minimum atomic E-state index is -0.197. The summed E-state index contributed by atoms with van der Waals surface area (Å²) in [4.78, 5) is 14.7. The molecule has 4 fully saturated rings. The van der Waals surface area contributed by atoms with Crippen LogP contribution in [0.5, 0.6) is 0 Å². The largest absolute Gasteiger partial charge is 0.461 e. The van der Waals surface area contributed by atoms with Crippen LogP contribution in [0.2, 0.25) is 0 Å². The van der Waals surface area contributed by atoms with E-state index in [1.807, 2.05) is 18.2 Å². The standard InChI is InChI=1S/C46H72O4/c1-30(2)32(4)42(10)23-24-44(12)34-19-20-36-43(11)28-48-29-46(36,25-31(3)38(43)50-27-41(8,9)40(5,6)7)35(34)21-22-45(44,13)37(42)39(47)49-26-33-17-15-14-16-18-33/h14-18,21,30-32,34,36-38H,19-20,22-29H2,1-13H3/t31-,32-,34+,36+,37-,38+,42-,43-,44-,45+,46+/m1/s1. The van der Waals surface area contributed by atoms with Crippen molar-refractivity contribution in [1.29, 1.82) is 0 Å². The lowest BCUT2D eigenvalue weighted by molar-refractivity contribution is -0.256. The molecule has 1 aliphatic heterocycles. The summed E-state index contributed by atoms with van der Waals surface area (Å²) in [5.41, 5.74) is 2.70. The number of benzene rings is 1. The summed E-state index contributed by atoms with van der Waals surface area (Å²) in [6, 6.07) is 10.2. The van der Waals surface area contributed by atoms with Crippen LogP contribution in [0.1, 0.15) is 134 Å². The quantitative estimate of drug-likeness (QED) is 0.201. The van der Waals surface area contributed by atoms with Crippen molar-refractivity contribution in [3.63, 3.8) is 0 Å². The van der Waals surface area contributed by atoms with Gasteiger partial charge in [-0.05, 0) is 101 Å². The van der Waals surface area contributed by atoms with E-state index in [1.165, 1.54) is 12.8 Å². The van der Waals surface area contributed by atoms with Crippen LogP contribution < -0.4 is 0 Å². The molecule has 1 heterocycles. The Labute approximate surface area is 306 Å². The van der Waals surface area contributed by atoms with E-state index >= 15 is 0 Å². The Morgan fingerprint density at radius 3 is 2.26 bits per heavy atom. The lowest BCUT2D eigenvalue weighted by atomic mass is 9.34. The van der Waals surface area contributed by atoms with Gasteiger partial charge in [0.2, 0.25) is 0 Å². The zero-order valence-corrected chi connectivity index (χ0v) is 34.2. The number of ether oxygens (including phenoxy) is 3. The second-order valence-electron chi connectivity index (χ2n) is 21.1. The van der Waals surface area contributed by atoms with Gasteiger partial charge in [0, 0.05) is 10.8 Å². The summed E-state index contributed by atoms with van der Waals surface area (Å²) < 4.78 is 20.2. The number of esters is 1. The van der Waals surface area contributed by atoms with E-state index in [0.29, 0.717) is 36.2 Å². The highest BCUT2D eigenvalue weighted by atomic mass is 16.5. The van der Waals surface area contributed by atoms with Gasteiger partial charge in [-0.1, -0.05) is 132 Å². The Morgan fingerprint density at radius 1 is 0.940 bits per heavy atom. The Kier molecular flexibility index (Phi) is 9.71. The highest BCUT2D eigenvalue weighted by Crippen LogP contribution is 2.75. The van der Waals surface area contributed by atoms with E-state index in [-0.39, 0.29) is 55.9 Å². The molecule has 0 N–H and O–H groups in total. The molecular weight excluding hydrogens is 617 g/mol. The second-order valence-corrected chi connectivity index (χ2v) is 21.1. The maximum absolute atomic E-state index is 14.7. The molecule has 280 valence electrons. The monoisotopic (exact) mass is 689 g/mol. The van der Waals surface area contributed by atoms with Crippen molar-refractivity contribution in [3.05, 3.63) is 47.5 Å². The molecule has 1 saturated heterocycles. The molecule has 1 aromatic carbocycles. The minimum Gasteiger partial charge on any atom is -0.461 e. The number of hydrogen-bond donors (Lipinski definition) is 0. The molecule has 0 unspecified atom stereocenters. The van der Waals surface area contributed by atoms with Gasteiger partial charge in [-0.3, -0.25) is 4.79 Å². The Morgan fingerprint density at radius 2 is 1.62 bits per heavy atom. The van der Waals surface area contributed by atoms with Gasteiger partial charge in [-0.25, -0.2) is 0 Å². The molecular formula is C46H72O4. The van der Waals surface area contributed by atoms with E-state index in [0.717, 1.165) is 51.1 Å². The number of carbonyl (C=O) groups excluding carboxylic acids is 1. The molecule has 50 heavy (non-hydrogen) atoms. The van der Waals surface area contributed by atoms with Crippen molar-refractivity contribution in [2.75, 3.05) is 19.8 Å². The van der Waals surface area contributed by atoms with Gasteiger partial charge in [0.15, 0.2) is 0 Å². The van der Waals surface area contributed by atoms with Crippen LogP contribution in [0.4, 0.5) is 0 Å². The average molecular weight is 689 g/mol. The van der Waals surface area contributed by atoms with Crippen LogP contribution in [0, 0.1) is 73.4 Å². The third-order valence-corrected chi connectivity index (χ3v) is 17.2. The van der Waals surface area contributed by atoms with Crippen molar-refractivity contribution in [2.24, 2.45) is 73.4 Å². The number of allylic oxidation sites excluding steroid dienone is 1. The fraction of sp³-hybridized carbons (Fsp3) is 0.804. The summed E-state index contributed by atoms with van der Waals surface area (Å²) in [6.07, 6.45) is 9.54. The number of rotatable bonds is 8. The average Bonchev–Trinajstić information content (AvgIpc) is 3.03. The van der Waals surface area contributed by atoms with Crippen molar-refractivity contribution < 1.29 is 19.0 Å². The van der Waals surface area contributed by atoms with Gasteiger partial charge >= 0.3 is 5.97 Å². The summed E-state index contributed by atoms with van der Waals surface area (Å²) in [5, 5.41) is 0. The Hall–Kier alpha value is -1.65. The third kappa shape index (κ3) is 5.61. The highest BCUT2D eigenvalue weighted by Gasteiger charge is 2.71. The summed E-state index contributed by atoms with van der Waals surface area (Å²) in [7, 11) is 0. The second kappa shape index (κ2) is 12.7. The van der Waals surface area contributed by atoms with E-state index in [4.69, 9.17) is 14.2 Å². The predicted octanol–water partition coefficient (Wildman–Crippen LogP) is 11.3. The number of carbonyl (C=O) groups is 1. The molecule has 2 bridgehead atoms. The third-order valence-electron chi connectivity index (χ3n) is 17.2. The van der Waals surface area contributed by atoms with Gasteiger partial charge in [0.1, 0.15) is 6.61 Å². The zero-order chi connectivity index (χ0) is 36.7. The van der Waals surface area contributed by atoms with Crippen molar-refractivity contribution in [3.8, 4) is 0 Å². The fourth-order valence-electron chi connectivity index (χ4n) is 12.7. The summed E-state index contributed by atoms with van der Waals surface area (Å²) in [6.45, 7) is 34.0. The van der Waals surface area contributed by atoms with Gasteiger partial charge in [0.25, 0.3) is 0 Å². The smallest absolute Gasteiger partial charge is 0.310 e. The normalized spacial score (nSPS) is 42.1. The van der Waals surface area contributed by atoms with Crippen LogP contribution in [0.15, 0.2) is 42.0 Å². The van der Waals surface area contributed by atoms with Gasteiger partial charge in [-0.2, -0.15) is 0 Å². The first-order chi connectivity index (χ1) is 23.2. The molecule has 0 spiro atoms. The molecule has 6 rings (SSSR count). The molecule has 0 radical (unpaired) electrons. The lowest BCUT2D eigenvalue weighted by Crippen LogP contribution is -2.69. The van der Waals surface area contributed by atoms with Gasteiger partial charge < -0.3 is 14.2 Å². The molecule has 1 aromatic rings. The molecule has 0 amide bonds. The maximum Gasteiger partial charge on any atom is 0.310 e. The minimum absolute atomic E-state index is 0.00458. The highest BCUT2D eigenvalue weighted by molar-refractivity contribution is 5.75. The van der Waals surface area contributed by atoms with E-state index < -0.39 is 0 Å². The zero-order valence-electron chi connectivity index (χ0n) is 34.2. The lowest BCUT2D eigenvalue weighted by Gasteiger charge is -2.71. The van der Waals surface area contributed by atoms with Crippen LogP contribution in [0.25, 0.3) is 0 Å². The van der Waals surface area contributed by atoms with E-state index in [2.05, 4.69) is 108 Å². The molecule has 5 aliphatic rings. The molecule has 4 nitrogen and oxygen atoms in total. The molecule has 11 atom stereocenters. The molecule has 3 saturated carbocycles. The van der Waals surface area contributed by atoms with Crippen molar-refractivity contribution >= 4 is 5.97 Å². The number of hydrogen-bond acceptors (Lipinski definition) is 4. The van der Waals surface area contributed by atoms with Gasteiger partial charge in [-0.15, -0.1) is 0 Å². The van der Waals surface area contributed by atoms with E-state index in [9.17, 15) is 4.79 Å². The van der Waals surface area contributed by atoms with Crippen LogP contribution in [0.3, 0.4) is 0 Å². The predicted molar refractivity (Wildman–Crippen MR) is 204 cm³/mol. The van der Waals surface area contributed by atoms with Gasteiger partial charge in [0.05, 0.1) is 31.8 Å². The summed E-state index contributed by atoms with van der Waals surface area (Å²) >= 11 is 0. The van der Waals surface area contributed by atoms with Crippen LogP contribution >= 0.6 is 0 Å². The molecule has 4 aliphatic carbocycles. The summed E-state index contributed by atoms with van der Waals surface area (Å²) in [5.74, 6) is 2.22.